The van der Waals surface area contributed by atoms with Crippen LogP contribution in [0, 0.1) is 0 Å². The average molecular weight is 214 g/mol. The normalized spacial score (nSPS) is 11.2. The number of phenolic OH excluding ortho intramolecular Hbond substituents is 1. The Hall–Kier alpha value is -1.50. The van der Waals surface area contributed by atoms with E-state index in [9.17, 15) is 5.11 Å². The van der Waals surface area contributed by atoms with E-state index in [1.54, 1.807) is 0 Å². The first-order valence-corrected chi connectivity index (χ1v) is 5.88. The molecule has 0 amide bonds. The van der Waals surface area contributed by atoms with Crippen LogP contribution < -0.4 is 0 Å². The maximum absolute atomic E-state index is 10.2. The van der Waals surface area contributed by atoms with Gasteiger partial charge in [-0.2, -0.15) is 0 Å². The lowest BCUT2D eigenvalue weighted by Crippen LogP contribution is -1.89. The van der Waals surface area contributed by atoms with Gasteiger partial charge in [0, 0.05) is 5.39 Å². The highest BCUT2D eigenvalue weighted by molar-refractivity contribution is 5.90. The minimum Gasteiger partial charge on any atom is -0.507 e. The molecule has 1 nitrogen and oxygen atoms in total. The number of aromatic hydroxyl groups is 1. The number of aryl methyl sites for hydroxylation is 1. The molecule has 0 aromatic heterocycles. The monoisotopic (exact) mass is 214 g/mol. The Balaban J connectivity index is 2.70. The lowest BCUT2D eigenvalue weighted by molar-refractivity contribution is 0.471. The van der Waals surface area contributed by atoms with Gasteiger partial charge in [-0.05, 0) is 34.9 Å². The standard InChI is InChI=1S/C15H18O/c1-4-11-5-6-12-7-8-13(10(2)3)15(16)14(12)9-11/h5-10,16H,4H2,1-3H3. The van der Waals surface area contributed by atoms with Crippen molar-refractivity contribution in [3.8, 4) is 5.75 Å². The van der Waals surface area contributed by atoms with Crippen molar-refractivity contribution in [3.63, 3.8) is 0 Å². The summed E-state index contributed by atoms with van der Waals surface area (Å²) in [5.41, 5.74) is 2.30. The first-order chi connectivity index (χ1) is 7.63. The fourth-order valence-electron chi connectivity index (χ4n) is 2.05. The fraction of sp³-hybridized carbons (Fsp3) is 0.333. The Morgan fingerprint density at radius 2 is 1.81 bits per heavy atom. The summed E-state index contributed by atoms with van der Waals surface area (Å²) >= 11 is 0. The molecular formula is C15H18O. The summed E-state index contributed by atoms with van der Waals surface area (Å²) < 4.78 is 0. The van der Waals surface area contributed by atoms with E-state index in [0.717, 1.165) is 22.8 Å². The van der Waals surface area contributed by atoms with Gasteiger partial charge in [-0.1, -0.05) is 45.0 Å². The molecule has 1 N–H and O–H groups in total. The molecule has 0 bridgehead atoms. The third-order valence-electron chi connectivity index (χ3n) is 3.12. The van der Waals surface area contributed by atoms with Crippen LogP contribution in [0.1, 0.15) is 37.8 Å². The van der Waals surface area contributed by atoms with E-state index in [1.807, 2.05) is 6.07 Å². The van der Waals surface area contributed by atoms with Crippen molar-refractivity contribution in [1.82, 2.24) is 0 Å². The highest BCUT2D eigenvalue weighted by atomic mass is 16.3. The topological polar surface area (TPSA) is 20.2 Å². The van der Waals surface area contributed by atoms with Gasteiger partial charge < -0.3 is 5.11 Å². The van der Waals surface area contributed by atoms with Crippen LogP contribution in [-0.2, 0) is 6.42 Å². The van der Waals surface area contributed by atoms with Gasteiger partial charge in [0.1, 0.15) is 5.75 Å². The van der Waals surface area contributed by atoms with Crippen LogP contribution in [-0.4, -0.2) is 5.11 Å². The minimum absolute atomic E-state index is 0.356. The molecule has 0 aliphatic rings. The van der Waals surface area contributed by atoms with Gasteiger partial charge in [0.25, 0.3) is 0 Å². The van der Waals surface area contributed by atoms with Gasteiger partial charge >= 0.3 is 0 Å². The van der Waals surface area contributed by atoms with Gasteiger partial charge in [-0.15, -0.1) is 0 Å². The summed E-state index contributed by atoms with van der Waals surface area (Å²) in [4.78, 5) is 0. The Bertz CT molecular complexity index is 512. The molecule has 0 radical (unpaired) electrons. The number of phenols is 1. The van der Waals surface area contributed by atoms with E-state index < -0.39 is 0 Å². The predicted molar refractivity (Wildman–Crippen MR) is 69.1 cm³/mol. The molecule has 0 heterocycles. The SMILES string of the molecule is CCc1ccc2ccc(C(C)C)c(O)c2c1. The zero-order valence-corrected chi connectivity index (χ0v) is 10.1. The summed E-state index contributed by atoms with van der Waals surface area (Å²) in [5, 5.41) is 12.3. The lowest BCUT2D eigenvalue weighted by Gasteiger charge is -2.11. The Morgan fingerprint density at radius 1 is 1.12 bits per heavy atom. The maximum atomic E-state index is 10.2. The highest BCUT2D eigenvalue weighted by Gasteiger charge is 2.09. The number of hydrogen-bond donors (Lipinski definition) is 1. The molecule has 0 aliphatic heterocycles. The van der Waals surface area contributed by atoms with Gasteiger partial charge in [-0.3, -0.25) is 0 Å². The van der Waals surface area contributed by atoms with Gasteiger partial charge in [0.2, 0.25) is 0 Å². The lowest BCUT2D eigenvalue weighted by atomic mass is 9.96. The molecule has 0 fully saturated rings. The molecular weight excluding hydrogens is 196 g/mol. The van der Waals surface area contributed by atoms with Crippen molar-refractivity contribution < 1.29 is 5.11 Å². The van der Waals surface area contributed by atoms with E-state index in [2.05, 4.69) is 45.0 Å². The van der Waals surface area contributed by atoms with E-state index in [1.165, 1.54) is 5.56 Å². The maximum Gasteiger partial charge on any atom is 0.126 e. The van der Waals surface area contributed by atoms with Crippen molar-refractivity contribution in [2.45, 2.75) is 33.1 Å². The second kappa shape index (κ2) is 4.17. The second-order valence-electron chi connectivity index (χ2n) is 4.57. The van der Waals surface area contributed by atoms with Crippen molar-refractivity contribution in [2.75, 3.05) is 0 Å². The van der Waals surface area contributed by atoms with Crippen molar-refractivity contribution >= 4 is 10.8 Å². The molecule has 0 atom stereocenters. The molecule has 2 aromatic carbocycles. The number of hydrogen-bond acceptors (Lipinski definition) is 1. The van der Waals surface area contributed by atoms with E-state index >= 15 is 0 Å². The molecule has 2 rings (SSSR count). The molecule has 0 unspecified atom stereocenters. The van der Waals surface area contributed by atoms with Crippen LogP contribution in [0.15, 0.2) is 30.3 Å². The molecule has 0 saturated carbocycles. The Labute approximate surface area is 96.7 Å². The van der Waals surface area contributed by atoms with E-state index in [4.69, 9.17) is 0 Å². The molecule has 16 heavy (non-hydrogen) atoms. The van der Waals surface area contributed by atoms with E-state index in [0.29, 0.717) is 11.7 Å². The zero-order valence-electron chi connectivity index (χ0n) is 10.1. The summed E-state index contributed by atoms with van der Waals surface area (Å²) in [6, 6.07) is 10.4. The van der Waals surface area contributed by atoms with Crippen molar-refractivity contribution in [3.05, 3.63) is 41.5 Å². The minimum atomic E-state index is 0.356. The first-order valence-electron chi connectivity index (χ1n) is 5.88. The van der Waals surface area contributed by atoms with Crippen molar-refractivity contribution in [1.29, 1.82) is 0 Å². The molecule has 2 aromatic rings. The van der Waals surface area contributed by atoms with Crippen molar-refractivity contribution in [2.24, 2.45) is 0 Å². The Morgan fingerprint density at radius 3 is 2.44 bits per heavy atom. The number of fused-ring (bicyclic) bond motifs is 1. The van der Waals surface area contributed by atoms with Crippen LogP contribution in [0.2, 0.25) is 0 Å². The third kappa shape index (κ3) is 1.78. The molecule has 0 aliphatic carbocycles. The summed E-state index contributed by atoms with van der Waals surface area (Å²) in [7, 11) is 0. The van der Waals surface area contributed by atoms with Crippen LogP contribution in [0.25, 0.3) is 10.8 Å². The van der Waals surface area contributed by atoms with Crippen LogP contribution in [0.5, 0.6) is 5.75 Å². The summed E-state index contributed by atoms with van der Waals surface area (Å²) in [5.74, 6) is 0.803. The molecule has 0 saturated heterocycles. The number of benzene rings is 2. The molecule has 1 heteroatoms. The van der Waals surface area contributed by atoms with Gasteiger partial charge in [0.05, 0.1) is 0 Å². The largest absolute Gasteiger partial charge is 0.507 e. The molecule has 84 valence electrons. The van der Waals surface area contributed by atoms with Gasteiger partial charge in [0.15, 0.2) is 0 Å². The number of rotatable bonds is 2. The predicted octanol–water partition coefficient (Wildman–Crippen LogP) is 4.23. The smallest absolute Gasteiger partial charge is 0.126 e. The average Bonchev–Trinajstić information content (AvgIpc) is 2.28. The van der Waals surface area contributed by atoms with Crippen LogP contribution in [0.4, 0.5) is 0 Å². The van der Waals surface area contributed by atoms with Crippen LogP contribution in [0.3, 0.4) is 0 Å². The summed E-state index contributed by atoms with van der Waals surface area (Å²) in [6.45, 7) is 6.33. The molecule has 0 spiro atoms. The van der Waals surface area contributed by atoms with Crippen LogP contribution >= 0.6 is 0 Å². The zero-order chi connectivity index (χ0) is 11.7. The first kappa shape index (κ1) is 11.0. The van der Waals surface area contributed by atoms with E-state index in [-0.39, 0.29) is 0 Å². The highest BCUT2D eigenvalue weighted by Crippen LogP contribution is 2.33. The van der Waals surface area contributed by atoms with Gasteiger partial charge in [-0.25, -0.2) is 0 Å². The Kier molecular flexibility index (Phi) is 2.86. The second-order valence-corrected chi connectivity index (χ2v) is 4.57. The third-order valence-corrected chi connectivity index (χ3v) is 3.12. The fourth-order valence-corrected chi connectivity index (χ4v) is 2.05. The quantitative estimate of drug-likeness (QED) is 0.793. The summed E-state index contributed by atoms with van der Waals surface area (Å²) in [6.07, 6.45) is 1.00.